The van der Waals surface area contributed by atoms with Crippen molar-refractivity contribution in [1.29, 1.82) is 0 Å². The molecule has 0 saturated carbocycles. The van der Waals surface area contributed by atoms with Crippen LogP contribution in [-0.2, 0) is 0 Å². The summed E-state index contributed by atoms with van der Waals surface area (Å²) >= 11 is 0. The van der Waals surface area contributed by atoms with Gasteiger partial charge in [0.05, 0.1) is 0 Å². The van der Waals surface area contributed by atoms with Gasteiger partial charge in [-0.05, 0) is 49.9 Å². The number of benzene rings is 1. The molecule has 0 heterocycles. The lowest BCUT2D eigenvalue weighted by atomic mass is 9.88. The average Bonchev–Trinajstić information content (AvgIpc) is 2.14. The van der Waals surface area contributed by atoms with Crippen LogP contribution < -0.4 is 11.5 Å². The first-order valence-corrected chi connectivity index (χ1v) is 4.99. The molecule has 16 heavy (non-hydrogen) atoms. The molecule has 0 fully saturated rings. The quantitative estimate of drug-likeness (QED) is 0.782. The summed E-state index contributed by atoms with van der Waals surface area (Å²) in [5.74, 6) is -0.950. The van der Waals surface area contributed by atoms with Gasteiger partial charge in [0.15, 0.2) is 0 Å². The van der Waals surface area contributed by atoms with E-state index in [1.165, 1.54) is 0 Å². The minimum atomic E-state index is -0.475. The number of carbonyl (C=O) groups is 2. The molecule has 0 atom stereocenters. The molecule has 0 aliphatic carbocycles. The maximum atomic E-state index is 11.3. The van der Waals surface area contributed by atoms with Gasteiger partial charge in [-0.15, -0.1) is 0 Å². The highest BCUT2D eigenvalue weighted by atomic mass is 16.1. The van der Waals surface area contributed by atoms with E-state index in [4.69, 9.17) is 11.5 Å². The second-order valence-electron chi connectivity index (χ2n) is 3.98. The zero-order valence-corrected chi connectivity index (χ0v) is 9.97. The van der Waals surface area contributed by atoms with Crippen molar-refractivity contribution in [2.45, 2.75) is 27.7 Å². The third-order valence-corrected chi connectivity index (χ3v) is 3.12. The molecule has 4 N–H and O–H groups in total. The predicted octanol–water partition coefficient (Wildman–Crippen LogP) is 1.12. The Hall–Kier alpha value is -1.84. The third kappa shape index (κ3) is 1.66. The summed E-state index contributed by atoms with van der Waals surface area (Å²) in [5, 5.41) is 0. The lowest BCUT2D eigenvalue weighted by molar-refractivity contribution is 0.0986. The summed E-state index contributed by atoms with van der Waals surface area (Å²) in [5.41, 5.74) is 14.5. The Balaban J connectivity index is 3.77. The van der Waals surface area contributed by atoms with Crippen LogP contribution in [0.1, 0.15) is 43.0 Å². The number of nitrogens with two attached hydrogens (primary N) is 2. The van der Waals surface area contributed by atoms with Crippen LogP contribution in [0.25, 0.3) is 0 Å². The maximum Gasteiger partial charge on any atom is 0.249 e. The molecule has 0 aliphatic heterocycles. The fraction of sp³-hybridized carbons (Fsp3) is 0.333. The van der Waals surface area contributed by atoms with Crippen molar-refractivity contribution in [3.8, 4) is 0 Å². The van der Waals surface area contributed by atoms with Crippen LogP contribution in [0, 0.1) is 27.7 Å². The zero-order chi connectivity index (χ0) is 12.6. The van der Waals surface area contributed by atoms with Gasteiger partial charge in [0, 0.05) is 11.1 Å². The van der Waals surface area contributed by atoms with E-state index in [-0.39, 0.29) is 0 Å². The Kier molecular flexibility index (Phi) is 3.03. The SMILES string of the molecule is Cc1c(C)c(C(N)=O)c(C)c(C)c1C(N)=O. The van der Waals surface area contributed by atoms with E-state index in [0.29, 0.717) is 11.1 Å². The van der Waals surface area contributed by atoms with E-state index in [1.807, 2.05) is 0 Å². The molecule has 1 rings (SSSR count). The van der Waals surface area contributed by atoms with Gasteiger partial charge in [-0.2, -0.15) is 0 Å². The van der Waals surface area contributed by atoms with Gasteiger partial charge in [-0.1, -0.05) is 0 Å². The van der Waals surface area contributed by atoms with Crippen LogP contribution >= 0.6 is 0 Å². The van der Waals surface area contributed by atoms with Crippen LogP contribution in [0.4, 0.5) is 0 Å². The average molecular weight is 220 g/mol. The van der Waals surface area contributed by atoms with Crippen LogP contribution in [-0.4, -0.2) is 11.8 Å². The molecule has 0 aliphatic rings. The highest BCUT2D eigenvalue weighted by Crippen LogP contribution is 2.25. The van der Waals surface area contributed by atoms with Crippen molar-refractivity contribution in [1.82, 2.24) is 0 Å². The van der Waals surface area contributed by atoms with Crippen molar-refractivity contribution in [3.63, 3.8) is 0 Å². The minimum absolute atomic E-state index is 0.475. The first-order valence-electron chi connectivity index (χ1n) is 4.99. The van der Waals surface area contributed by atoms with Crippen molar-refractivity contribution in [2.75, 3.05) is 0 Å². The van der Waals surface area contributed by atoms with Crippen LogP contribution in [0.5, 0.6) is 0 Å². The normalized spacial score (nSPS) is 10.2. The van der Waals surface area contributed by atoms with E-state index in [1.54, 1.807) is 27.7 Å². The lowest BCUT2D eigenvalue weighted by Crippen LogP contribution is -2.21. The first kappa shape index (κ1) is 12.2. The molecule has 1 aromatic rings. The molecule has 1 aromatic carbocycles. The molecule has 0 aromatic heterocycles. The van der Waals surface area contributed by atoms with Crippen LogP contribution in [0.3, 0.4) is 0 Å². The van der Waals surface area contributed by atoms with Crippen molar-refractivity contribution in [2.24, 2.45) is 11.5 Å². The standard InChI is InChI=1S/C12H16N2O2/c1-5-6(2)10(12(14)16)8(4)7(3)9(5)11(13)15/h1-4H3,(H2,13,15)(H2,14,16). The summed E-state index contributed by atoms with van der Waals surface area (Å²) in [6.45, 7) is 7.09. The molecule has 2 amide bonds. The topological polar surface area (TPSA) is 86.2 Å². The predicted molar refractivity (Wildman–Crippen MR) is 62.4 cm³/mol. The summed E-state index contributed by atoms with van der Waals surface area (Å²) in [6, 6.07) is 0. The Morgan fingerprint density at radius 1 is 0.688 bits per heavy atom. The molecule has 4 heteroatoms. The molecule has 86 valence electrons. The Labute approximate surface area is 94.6 Å². The second-order valence-corrected chi connectivity index (χ2v) is 3.98. The molecule has 0 saturated heterocycles. The largest absolute Gasteiger partial charge is 0.366 e. The van der Waals surface area contributed by atoms with Gasteiger partial charge in [-0.3, -0.25) is 9.59 Å². The molecule has 0 spiro atoms. The first-order chi connectivity index (χ1) is 7.29. The summed E-state index contributed by atoms with van der Waals surface area (Å²) in [7, 11) is 0. The van der Waals surface area contributed by atoms with Gasteiger partial charge >= 0.3 is 0 Å². The molecule has 0 radical (unpaired) electrons. The van der Waals surface area contributed by atoms with E-state index in [0.717, 1.165) is 22.3 Å². The smallest absolute Gasteiger partial charge is 0.249 e. The molecule has 0 unspecified atom stereocenters. The Morgan fingerprint density at radius 3 is 1.00 bits per heavy atom. The number of amides is 2. The summed E-state index contributed by atoms with van der Waals surface area (Å²) in [6.07, 6.45) is 0. The Morgan fingerprint density at radius 2 is 0.875 bits per heavy atom. The maximum absolute atomic E-state index is 11.3. The van der Waals surface area contributed by atoms with E-state index >= 15 is 0 Å². The molecular formula is C12H16N2O2. The van der Waals surface area contributed by atoms with Crippen molar-refractivity contribution >= 4 is 11.8 Å². The fourth-order valence-electron chi connectivity index (χ4n) is 2.05. The van der Waals surface area contributed by atoms with Gasteiger partial charge in [0.2, 0.25) is 11.8 Å². The summed E-state index contributed by atoms with van der Waals surface area (Å²) < 4.78 is 0. The molecule has 4 nitrogen and oxygen atoms in total. The molecular weight excluding hydrogens is 204 g/mol. The van der Waals surface area contributed by atoms with E-state index in [9.17, 15) is 9.59 Å². The van der Waals surface area contributed by atoms with Gasteiger partial charge in [0.1, 0.15) is 0 Å². The zero-order valence-electron chi connectivity index (χ0n) is 9.97. The second kappa shape index (κ2) is 3.96. The number of hydrogen-bond acceptors (Lipinski definition) is 2. The van der Waals surface area contributed by atoms with Gasteiger partial charge in [-0.25, -0.2) is 0 Å². The molecule has 0 bridgehead atoms. The monoisotopic (exact) mass is 220 g/mol. The Bertz CT molecular complexity index is 416. The number of hydrogen-bond donors (Lipinski definition) is 2. The van der Waals surface area contributed by atoms with E-state index < -0.39 is 11.8 Å². The van der Waals surface area contributed by atoms with Crippen LogP contribution in [0.15, 0.2) is 0 Å². The van der Waals surface area contributed by atoms with Gasteiger partial charge in [0.25, 0.3) is 0 Å². The van der Waals surface area contributed by atoms with Crippen molar-refractivity contribution < 1.29 is 9.59 Å². The number of rotatable bonds is 2. The fourth-order valence-corrected chi connectivity index (χ4v) is 2.05. The highest BCUT2D eigenvalue weighted by Gasteiger charge is 2.20. The van der Waals surface area contributed by atoms with Gasteiger partial charge < -0.3 is 11.5 Å². The minimum Gasteiger partial charge on any atom is -0.366 e. The van der Waals surface area contributed by atoms with Crippen LogP contribution in [0.2, 0.25) is 0 Å². The van der Waals surface area contributed by atoms with E-state index in [2.05, 4.69) is 0 Å². The number of primary amides is 2. The lowest BCUT2D eigenvalue weighted by Gasteiger charge is -2.16. The third-order valence-electron chi connectivity index (χ3n) is 3.12. The highest BCUT2D eigenvalue weighted by molar-refractivity contribution is 6.01. The number of carbonyl (C=O) groups excluding carboxylic acids is 2. The summed E-state index contributed by atoms with van der Waals surface area (Å²) in [4.78, 5) is 22.7. The van der Waals surface area contributed by atoms with Crippen molar-refractivity contribution in [3.05, 3.63) is 33.4 Å².